The third kappa shape index (κ3) is 6.02. The first-order chi connectivity index (χ1) is 11.5. The van der Waals surface area contributed by atoms with E-state index in [1.54, 1.807) is 31.2 Å². The fraction of sp³-hybridized carbons (Fsp3) is 0.235. The summed E-state index contributed by atoms with van der Waals surface area (Å²) in [7, 11) is -3.39. The quantitative estimate of drug-likeness (QED) is 0.768. The van der Waals surface area contributed by atoms with Gasteiger partial charge in [0.2, 0.25) is 15.9 Å². The van der Waals surface area contributed by atoms with E-state index in [9.17, 15) is 13.2 Å². The Kier molecular flexibility index (Phi) is 6.34. The summed E-state index contributed by atoms with van der Waals surface area (Å²) in [6.45, 7) is 1.48. The Hall–Kier alpha value is -2.38. The molecule has 0 radical (unpaired) electrons. The van der Waals surface area contributed by atoms with Crippen LogP contribution in [0.5, 0.6) is 11.5 Å². The van der Waals surface area contributed by atoms with Gasteiger partial charge in [-0.2, -0.15) is 0 Å². The Labute approximate surface area is 141 Å². The lowest BCUT2D eigenvalue weighted by molar-refractivity contribution is -0.115. The van der Waals surface area contributed by atoms with E-state index in [2.05, 4.69) is 10.0 Å². The zero-order valence-electron chi connectivity index (χ0n) is 13.4. The van der Waals surface area contributed by atoms with Crippen molar-refractivity contribution in [2.45, 2.75) is 13.3 Å². The summed E-state index contributed by atoms with van der Waals surface area (Å²) < 4.78 is 30.9. The van der Waals surface area contributed by atoms with Gasteiger partial charge in [-0.15, -0.1) is 0 Å². The van der Waals surface area contributed by atoms with Gasteiger partial charge < -0.3 is 10.1 Å². The summed E-state index contributed by atoms with van der Waals surface area (Å²) in [4.78, 5) is 11.8. The van der Waals surface area contributed by atoms with Crippen molar-refractivity contribution < 1.29 is 17.9 Å². The Morgan fingerprint density at radius 1 is 1.00 bits per heavy atom. The van der Waals surface area contributed by atoms with Crippen molar-refractivity contribution in [1.29, 1.82) is 0 Å². The van der Waals surface area contributed by atoms with Gasteiger partial charge >= 0.3 is 0 Å². The SMILES string of the molecule is CCCS(=O)(=O)NCC(=O)Nc1ccc(Oc2ccccc2)cc1. The molecule has 0 saturated heterocycles. The van der Waals surface area contributed by atoms with E-state index >= 15 is 0 Å². The molecule has 0 atom stereocenters. The van der Waals surface area contributed by atoms with E-state index in [0.29, 0.717) is 17.9 Å². The van der Waals surface area contributed by atoms with Crippen molar-refractivity contribution in [1.82, 2.24) is 4.72 Å². The first kappa shape index (κ1) is 18.0. The number of amides is 1. The van der Waals surface area contributed by atoms with Gasteiger partial charge in [0.1, 0.15) is 11.5 Å². The molecule has 0 unspecified atom stereocenters. The van der Waals surface area contributed by atoms with Crippen molar-refractivity contribution in [3.8, 4) is 11.5 Å². The van der Waals surface area contributed by atoms with Crippen molar-refractivity contribution in [3.63, 3.8) is 0 Å². The summed E-state index contributed by atoms with van der Waals surface area (Å²) in [5.74, 6) is 0.945. The zero-order chi connectivity index (χ0) is 17.4. The maximum Gasteiger partial charge on any atom is 0.239 e. The molecule has 0 fully saturated rings. The number of hydrogen-bond donors (Lipinski definition) is 2. The topological polar surface area (TPSA) is 84.5 Å². The molecule has 7 heteroatoms. The molecule has 0 saturated carbocycles. The van der Waals surface area contributed by atoms with Gasteiger partial charge in [-0.05, 0) is 42.8 Å². The van der Waals surface area contributed by atoms with E-state index in [1.165, 1.54) is 0 Å². The zero-order valence-corrected chi connectivity index (χ0v) is 14.2. The summed E-state index contributed by atoms with van der Waals surface area (Å²) in [5.41, 5.74) is 0.565. The highest BCUT2D eigenvalue weighted by atomic mass is 32.2. The number of sulfonamides is 1. The van der Waals surface area contributed by atoms with Crippen LogP contribution in [0.15, 0.2) is 54.6 Å². The lowest BCUT2D eigenvalue weighted by Crippen LogP contribution is -2.34. The van der Waals surface area contributed by atoms with Crippen LogP contribution >= 0.6 is 0 Å². The lowest BCUT2D eigenvalue weighted by atomic mass is 10.3. The van der Waals surface area contributed by atoms with Crippen molar-refractivity contribution in [3.05, 3.63) is 54.6 Å². The van der Waals surface area contributed by atoms with E-state index in [4.69, 9.17) is 4.74 Å². The fourth-order valence-electron chi connectivity index (χ4n) is 1.95. The van der Waals surface area contributed by atoms with Crippen LogP contribution in [0.4, 0.5) is 5.69 Å². The van der Waals surface area contributed by atoms with Crippen LogP contribution in [0, 0.1) is 0 Å². The molecule has 0 aromatic heterocycles. The average Bonchev–Trinajstić information content (AvgIpc) is 2.56. The number of carbonyl (C=O) groups excluding carboxylic acids is 1. The van der Waals surface area contributed by atoms with Crippen LogP contribution in [-0.4, -0.2) is 26.6 Å². The number of rotatable bonds is 8. The lowest BCUT2D eigenvalue weighted by Gasteiger charge is -2.09. The Morgan fingerprint density at radius 3 is 2.25 bits per heavy atom. The first-order valence-electron chi connectivity index (χ1n) is 7.58. The van der Waals surface area contributed by atoms with Gasteiger partial charge in [0.15, 0.2) is 0 Å². The van der Waals surface area contributed by atoms with E-state index < -0.39 is 15.9 Å². The number of nitrogens with one attached hydrogen (secondary N) is 2. The van der Waals surface area contributed by atoms with Crippen molar-refractivity contribution in [2.24, 2.45) is 0 Å². The number of ether oxygens (including phenoxy) is 1. The smallest absolute Gasteiger partial charge is 0.239 e. The van der Waals surface area contributed by atoms with Gasteiger partial charge in [0.25, 0.3) is 0 Å². The number of carbonyl (C=O) groups is 1. The Morgan fingerprint density at radius 2 is 1.62 bits per heavy atom. The molecule has 0 aliphatic heterocycles. The minimum Gasteiger partial charge on any atom is -0.457 e. The Bertz CT molecular complexity index is 759. The highest BCUT2D eigenvalue weighted by Gasteiger charge is 2.11. The number of hydrogen-bond acceptors (Lipinski definition) is 4. The molecule has 2 aromatic rings. The molecule has 128 valence electrons. The fourth-order valence-corrected chi connectivity index (χ4v) is 2.99. The molecule has 6 nitrogen and oxygen atoms in total. The first-order valence-corrected chi connectivity index (χ1v) is 9.24. The minimum atomic E-state index is -3.39. The molecule has 2 N–H and O–H groups in total. The maximum absolute atomic E-state index is 11.8. The van der Waals surface area contributed by atoms with Crippen LogP contribution < -0.4 is 14.8 Å². The van der Waals surface area contributed by atoms with Crippen LogP contribution in [0.3, 0.4) is 0 Å². The van der Waals surface area contributed by atoms with Gasteiger partial charge in [0, 0.05) is 5.69 Å². The standard InChI is InChI=1S/C17H20N2O4S/c1-2-12-24(21,22)18-13-17(20)19-14-8-10-16(11-9-14)23-15-6-4-3-5-7-15/h3-11,18H,2,12-13H2,1H3,(H,19,20). The van der Waals surface area contributed by atoms with E-state index in [-0.39, 0.29) is 12.3 Å². The summed E-state index contributed by atoms with van der Waals surface area (Å²) in [6, 6.07) is 16.2. The molecule has 0 bridgehead atoms. The second kappa shape index (κ2) is 8.47. The molecule has 2 aromatic carbocycles. The molecular formula is C17H20N2O4S. The second-order valence-electron chi connectivity index (χ2n) is 5.13. The monoisotopic (exact) mass is 348 g/mol. The van der Waals surface area contributed by atoms with E-state index in [0.717, 1.165) is 5.75 Å². The van der Waals surface area contributed by atoms with Gasteiger partial charge in [-0.25, -0.2) is 13.1 Å². The molecular weight excluding hydrogens is 328 g/mol. The van der Waals surface area contributed by atoms with Crippen LogP contribution in [0.2, 0.25) is 0 Å². The minimum absolute atomic E-state index is 0.00576. The molecule has 2 rings (SSSR count). The second-order valence-corrected chi connectivity index (χ2v) is 7.05. The predicted octanol–water partition coefficient (Wildman–Crippen LogP) is 2.75. The molecule has 1 amide bonds. The number of benzene rings is 2. The van der Waals surface area contributed by atoms with Crippen molar-refractivity contribution in [2.75, 3.05) is 17.6 Å². The van der Waals surface area contributed by atoms with Crippen molar-refractivity contribution >= 4 is 21.6 Å². The molecule has 24 heavy (non-hydrogen) atoms. The highest BCUT2D eigenvalue weighted by molar-refractivity contribution is 7.89. The van der Waals surface area contributed by atoms with Gasteiger partial charge in [-0.1, -0.05) is 25.1 Å². The average molecular weight is 348 g/mol. The highest BCUT2D eigenvalue weighted by Crippen LogP contribution is 2.22. The van der Waals surface area contributed by atoms with E-state index in [1.807, 2.05) is 30.3 Å². The maximum atomic E-state index is 11.8. The summed E-state index contributed by atoms with van der Waals surface area (Å²) in [6.07, 6.45) is 0.500. The molecule has 0 heterocycles. The summed E-state index contributed by atoms with van der Waals surface area (Å²) >= 11 is 0. The third-order valence-electron chi connectivity index (χ3n) is 3.04. The predicted molar refractivity (Wildman–Crippen MR) is 93.7 cm³/mol. The van der Waals surface area contributed by atoms with Crippen LogP contribution in [0.25, 0.3) is 0 Å². The normalized spacial score (nSPS) is 11.0. The van der Waals surface area contributed by atoms with Gasteiger partial charge in [0.05, 0.1) is 12.3 Å². The third-order valence-corrected chi connectivity index (χ3v) is 4.57. The molecule has 0 aliphatic carbocycles. The Balaban J connectivity index is 1.86. The van der Waals surface area contributed by atoms with Crippen LogP contribution in [-0.2, 0) is 14.8 Å². The molecule has 0 spiro atoms. The van der Waals surface area contributed by atoms with Gasteiger partial charge in [-0.3, -0.25) is 4.79 Å². The summed E-state index contributed by atoms with van der Waals surface area (Å²) in [5, 5.41) is 2.63. The molecule has 0 aliphatic rings. The van der Waals surface area contributed by atoms with Crippen LogP contribution in [0.1, 0.15) is 13.3 Å². The number of anilines is 1. The largest absolute Gasteiger partial charge is 0.457 e. The number of para-hydroxylation sites is 1.